The molecule has 5 rings (SSSR count). The predicted octanol–water partition coefficient (Wildman–Crippen LogP) is 5.27. The smallest absolute Gasteiger partial charge is 0.338 e. The van der Waals surface area contributed by atoms with Gasteiger partial charge in [0.1, 0.15) is 11.4 Å². The topological polar surface area (TPSA) is 126 Å². The molecule has 0 radical (unpaired) electrons. The van der Waals surface area contributed by atoms with Crippen LogP contribution in [0.4, 0.5) is 5.69 Å². The number of carbonyl (C=O) groups excluding carboxylic acids is 1. The molecule has 0 unspecified atom stereocenters. The molecule has 0 bridgehead atoms. The van der Waals surface area contributed by atoms with E-state index in [4.69, 9.17) is 29.2 Å². The van der Waals surface area contributed by atoms with Gasteiger partial charge in [-0.15, -0.1) is 0 Å². The fourth-order valence-electron chi connectivity index (χ4n) is 5.52. The highest BCUT2D eigenvalue weighted by molar-refractivity contribution is 5.90. The fraction of sp³-hybridized carbons (Fsp3) is 0.545. The molecule has 0 amide bonds. The first-order chi connectivity index (χ1) is 20.4. The van der Waals surface area contributed by atoms with Gasteiger partial charge in [0.15, 0.2) is 0 Å². The van der Waals surface area contributed by atoms with Crippen molar-refractivity contribution in [2.45, 2.75) is 77.0 Å². The molecular weight excluding hydrogens is 552 g/mol. The number of methoxy groups -OCH3 is 1. The Kier molecular flexibility index (Phi) is 12.0. The number of aryl methyl sites for hydroxylation is 1. The third kappa shape index (κ3) is 9.69. The first-order valence-corrected chi connectivity index (χ1v) is 14.8. The molecular formula is C33H46N2O8. The van der Waals surface area contributed by atoms with Crippen LogP contribution >= 0.6 is 0 Å². The molecule has 43 heavy (non-hydrogen) atoms. The number of carboxylic acid groups (broad SMARTS) is 2. The number of carbonyl (C=O) groups is 3. The molecule has 0 aromatic heterocycles. The van der Waals surface area contributed by atoms with E-state index in [-0.39, 0.29) is 23.6 Å². The highest BCUT2D eigenvalue weighted by Gasteiger charge is 2.42. The third-order valence-corrected chi connectivity index (χ3v) is 8.09. The summed E-state index contributed by atoms with van der Waals surface area (Å²) < 4.78 is 16.7. The number of esters is 1. The largest absolute Gasteiger partial charge is 0.497 e. The number of aromatic carboxylic acids is 1. The van der Waals surface area contributed by atoms with Gasteiger partial charge in [0.05, 0.1) is 30.4 Å². The number of rotatable bonds is 5. The van der Waals surface area contributed by atoms with Gasteiger partial charge >= 0.3 is 11.9 Å². The van der Waals surface area contributed by atoms with Crippen LogP contribution in [0.15, 0.2) is 42.5 Å². The van der Waals surface area contributed by atoms with Crippen molar-refractivity contribution in [1.82, 2.24) is 4.90 Å². The molecule has 236 valence electrons. The fourth-order valence-corrected chi connectivity index (χ4v) is 5.52. The van der Waals surface area contributed by atoms with Crippen LogP contribution in [-0.4, -0.2) is 90.7 Å². The molecule has 3 aliphatic rings. The molecule has 2 heterocycles. The lowest BCUT2D eigenvalue weighted by Gasteiger charge is -2.51. The van der Waals surface area contributed by atoms with E-state index in [2.05, 4.69) is 9.80 Å². The first kappa shape index (κ1) is 33.9. The second-order valence-corrected chi connectivity index (χ2v) is 12.2. The first-order valence-electron chi connectivity index (χ1n) is 14.8. The highest BCUT2D eigenvalue weighted by Crippen LogP contribution is 2.35. The number of morpholine rings is 1. The predicted molar refractivity (Wildman–Crippen MR) is 164 cm³/mol. The van der Waals surface area contributed by atoms with Gasteiger partial charge in [-0.3, -0.25) is 9.69 Å². The maximum absolute atomic E-state index is 12.2. The van der Waals surface area contributed by atoms with E-state index >= 15 is 0 Å². The molecule has 2 aromatic rings. The quantitative estimate of drug-likeness (QED) is 0.347. The van der Waals surface area contributed by atoms with E-state index in [9.17, 15) is 9.59 Å². The molecule has 3 fully saturated rings. The Bertz CT molecular complexity index is 1210. The number of nitrogens with zero attached hydrogens (tertiary/aromatic N) is 2. The minimum absolute atomic E-state index is 0.0425. The molecule has 1 spiro atoms. The van der Waals surface area contributed by atoms with E-state index in [1.165, 1.54) is 38.1 Å². The van der Waals surface area contributed by atoms with Gasteiger partial charge in [0.25, 0.3) is 6.47 Å². The summed E-state index contributed by atoms with van der Waals surface area (Å²) in [4.78, 5) is 36.3. The maximum atomic E-state index is 12.2. The lowest BCUT2D eigenvalue weighted by Crippen LogP contribution is -2.59. The van der Waals surface area contributed by atoms with Gasteiger partial charge in [0, 0.05) is 37.9 Å². The van der Waals surface area contributed by atoms with Crippen molar-refractivity contribution in [3.63, 3.8) is 0 Å². The van der Waals surface area contributed by atoms with Crippen molar-refractivity contribution in [2.24, 2.45) is 0 Å². The van der Waals surface area contributed by atoms with E-state index < -0.39 is 11.6 Å². The number of piperidine rings is 1. The molecule has 0 atom stereocenters. The lowest BCUT2D eigenvalue weighted by molar-refractivity contribution is -0.135. The molecule has 2 aromatic carbocycles. The van der Waals surface area contributed by atoms with Crippen LogP contribution in [0.1, 0.15) is 79.2 Å². The highest BCUT2D eigenvalue weighted by atomic mass is 16.6. The summed E-state index contributed by atoms with van der Waals surface area (Å²) in [5, 5.41) is 15.6. The number of ether oxygens (including phenoxy) is 3. The summed E-state index contributed by atoms with van der Waals surface area (Å²) in [5.74, 6) is -0.618. The molecule has 10 heteroatoms. The Morgan fingerprint density at radius 1 is 1.05 bits per heavy atom. The van der Waals surface area contributed by atoms with Crippen LogP contribution in [0.25, 0.3) is 0 Å². The number of anilines is 1. The van der Waals surface area contributed by atoms with Gasteiger partial charge in [-0.25, -0.2) is 9.59 Å². The van der Waals surface area contributed by atoms with Crippen LogP contribution in [0.5, 0.6) is 5.75 Å². The van der Waals surface area contributed by atoms with Crippen LogP contribution in [0.2, 0.25) is 0 Å². The summed E-state index contributed by atoms with van der Waals surface area (Å²) in [7, 11) is 1.51. The lowest BCUT2D eigenvalue weighted by atomic mass is 9.85. The minimum atomic E-state index is -0.925. The second-order valence-electron chi connectivity index (χ2n) is 12.2. The zero-order valence-corrected chi connectivity index (χ0v) is 26.0. The molecule has 1 aliphatic carbocycles. The van der Waals surface area contributed by atoms with Gasteiger partial charge < -0.3 is 29.3 Å². The van der Waals surface area contributed by atoms with Gasteiger partial charge in [-0.2, -0.15) is 0 Å². The Morgan fingerprint density at radius 2 is 1.67 bits per heavy atom. The van der Waals surface area contributed by atoms with Gasteiger partial charge in [-0.1, -0.05) is 12.5 Å². The molecule has 2 aliphatic heterocycles. The number of benzene rings is 2. The van der Waals surface area contributed by atoms with E-state index in [0.717, 1.165) is 57.2 Å². The van der Waals surface area contributed by atoms with Gasteiger partial charge in [0.2, 0.25) is 0 Å². The third-order valence-electron chi connectivity index (χ3n) is 8.09. The molecule has 1 saturated carbocycles. The van der Waals surface area contributed by atoms with Crippen molar-refractivity contribution >= 4 is 24.1 Å². The average Bonchev–Trinajstić information content (AvgIpc) is 2.93. The molecule has 2 saturated heterocycles. The molecule has 2 N–H and O–H groups in total. The standard InChI is InChI=1S/C23H34N2O3.C9H10O3.CH2O2/c1-22(2,3)28-21(26)18-7-9-20(10-8-18)24-13-11-23(12-14-24)17-25(15-16-27-23)19-5-4-6-19;1-6-3-4-7(12-2)5-8(6)9(10)11;2-1-3/h7-10,19H,4-6,11-17H2,1-3H3;3-5H,1-2H3,(H,10,11);1H,(H,2,3). The Hall–Kier alpha value is -3.63. The van der Waals surface area contributed by atoms with Crippen LogP contribution < -0.4 is 9.64 Å². The maximum Gasteiger partial charge on any atom is 0.338 e. The Labute approximate surface area is 254 Å². The van der Waals surface area contributed by atoms with Gasteiger partial charge in [-0.05, 0) is 95.3 Å². The Morgan fingerprint density at radius 3 is 2.19 bits per heavy atom. The summed E-state index contributed by atoms with van der Waals surface area (Å²) in [6.45, 7) is 12.3. The SMILES string of the molecule is CC(C)(C)OC(=O)c1ccc(N2CCC3(CC2)CN(C2CCC2)CCO3)cc1.COc1ccc(C)c(C(=O)O)c1.O=CO. The molecule has 10 nitrogen and oxygen atoms in total. The van der Waals surface area contributed by atoms with Crippen molar-refractivity contribution in [1.29, 1.82) is 0 Å². The second kappa shape index (κ2) is 15.2. The summed E-state index contributed by atoms with van der Waals surface area (Å²) >= 11 is 0. The number of hydrogen-bond acceptors (Lipinski definition) is 8. The van der Waals surface area contributed by atoms with Crippen molar-refractivity contribution in [2.75, 3.05) is 44.8 Å². The normalized spacial score (nSPS) is 18.2. The van der Waals surface area contributed by atoms with E-state index in [0.29, 0.717) is 11.3 Å². The summed E-state index contributed by atoms with van der Waals surface area (Å²) in [6, 6.07) is 13.6. The summed E-state index contributed by atoms with van der Waals surface area (Å²) in [6.07, 6.45) is 6.27. The average molecular weight is 599 g/mol. The van der Waals surface area contributed by atoms with Crippen molar-refractivity contribution in [3.8, 4) is 5.75 Å². The number of carboxylic acids is 1. The summed E-state index contributed by atoms with van der Waals surface area (Å²) in [5.41, 5.74) is 2.39. The van der Waals surface area contributed by atoms with Crippen LogP contribution in [0.3, 0.4) is 0 Å². The van der Waals surface area contributed by atoms with E-state index in [1.54, 1.807) is 19.1 Å². The van der Waals surface area contributed by atoms with Crippen molar-refractivity contribution in [3.05, 3.63) is 59.2 Å². The van der Waals surface area contributed by atoms with Crippen LogP contribution in [0, 0.1) is 6.92 Å². The van der Waals surface area contributed by atoms with Crippen LogP contribution in [-0.2, 0) is 14.3 Å². The number of hydrogen-bond donors (Lipinski definition) is 2. The minimum Gasteiger partial charge on any atom is -0.497 e. The zero-order valence-electron chi connectivity index (χ0n) is 26.0. The monoisotopic (exact) mass is 598 g/mol. The zero-order chi connectivity index (χ0) is 31.6. The van der Waals surface area contributed by atoms with Crippen molar-refractivity contribution < 1.29 is 38.8 Å². The van der Waals surface area contributed by atoms with E-state index in [1.807, 2.05) is 45.0 Å². The Balaban J connectivity index is 0.000000282.